The molecule has 1 aliphatic rings. The van der Waals surface area contributed by atoms with Crippen molar-refractivity contribution in [2.75, 3.05) is 13.1 Å². The number of nitrogens with one attached hydrogen (secondary N) is 1. The van der Waals surface area contributed by atoms with E-state index in [1.54, 1.807) is 36.3 Å². The molecule has 9 heteroatoms. The van der Waals surface area contributed by atoms with Crippen LogP contribution in [0.15, 0.2) is 46.7 Å². The SMILES string of the molecule is Cn1cc(/C=N/NC(=O)c2cccc(S(=O)(=O)N3CCCCC3)c2)cn1. The molecule has 1 aromatic carbocycles. The summed E-state index contributed by atoms with van der Waals surface area (Å²) in [5.41, 5.74) is 3.39. The van der Waals surface area contributed by atoms with Gasteiger partial charge in [0.2, 0.25) is 10.0 Å². The first kappa shape index (κ1) is 18.3. The summed E-state index contributed by atoms with van der Waals surface area (Å²) in [5.74, 6) is -0.471. The third-order valence-electron chi connectivity index (χ3n) is 4.15. The molecule has 0 bridgehead atoms. The molecule has 138 valence electrons. The number of carbonyl (C=O) groups excluding carboxylic acids is 1. The Kier molecular flexibility index (Phi) is 5.48. The second-order valence-corrected chi connectivity index (χ2v) is 8.08. The van der Waals surface area contributed by atoms with Gasteiger partial charge in [-0.1, -0.05) is 12.5 Å². The first-order chi connectivity index (χ1) is 12.5. The van der Waals surface area contributed by atoms with E-state index in [9.17, 15) is 13.2 Å². The second kappa shape index (κ2) is 7.79. The van der Waals surface area contributed by atoms with Gasteiger partial charge < -0.3 is 0 Å². The van der Waals surface area contributed by atoms with E-state index in [0.29, 0.717) is 13.1 Å². The summed E-state index contributed by atoms with van der Waals surface area (Å²) in [6.45, 7) is 1.04. The van der Waals surface area contributed by atoms with Crippen molar-refractivity contribution in [3.05, 3.63) is 47.8 Å². The van der Waals surface area contributed by atoms with Crippen LogP contribution in [-0.4, -0.2) is 47.7 Å². The second-order valence-electron chi connectivity index (χ2n) is 6.14. The molecule has 3 rings (SSSR count). The Morgan fingerprint density at radius 3 is 2.73 bits per heavy atom. The van der Waals surface area contributed by atoms with E-state index >= 15 is 0 Å². The summed E-state index contributed by atoms with van der Waals surface area (Å²) in [7, 11) is -1.79. The van der Waals surface area contributed by atoms with Crippen molar-refractivity contribution in [2.24, 2.45) is 12.1 Å². The summed E-state index contributed by atoms with van der Waals surface area (Å²) >= 11 is 0. The van der Waals surface area contributed by atoms with Crippen molar-refractivity contribution in [3.8, 4) is 0 Å². The molecular weight excluding hydrogens is 354 g/mol. The van der Waals surface area contributed by atoms with Crippen LogP contribution >= 0.6 is 0 Å². The highest BCUT2D eigenvalue weighted by molar-refractivity contribution is 7.89. The highest BCUT2D eigenvalue weighted by Crippen LogP contribution is 2.21. The maximum absolute atomic E-state index is 12.7. The standard InChI is InChI=1S/C17H21N5O3S/c1-21-13-14(12-19-21)11-18-20-17(23)15-6-5-7-16(10-15)26(24,25)22-8-3-2-4-9-22/h5-7,10-13H,2-4,8-9H2,1H3,(H,20,23)/b18-11+. The van der Waals surface area contributed by atoms with E-state index < -0.39 is 15.9 Å². The molecular formula is C17H21N5O3S. The topological polar surface area (TPSA) is 96.7 Å². The zero-order valence-corrected chi connectivity index (χ0v) is 15.3. The van der Waals surface area contributed by atoms with Crippen molar-refractivity contribution in [1.29, 1.82) is 0 Å². The normalized spacial score (nSPS) is 16.0. The molecule has 26 heavy (non-hydrogen) atoms. The molecule has 0 unspecified atom stereocenters. The van der Waals surface area contributed by atoms with Crippen LogP contribution in [0.4, 0.5) is 0 Å². The van der Waals surface area contributed by atoms with E-state index in [1.165, 1.54) is 22.7 Å². The van der Waals surface area contributed by atoms with Crippen molar-refractivity contribution in [2.45, 2.75) is 24.2 Å². The fraction of sp³-hybridized carbons (Fsp3) is 0.353. The number of sulfonamides is 1. The van der Waals surface area contributed by atoms with Gasteiger partial charge >= 0.3 is 0 Å². The van der Waals surface area contributed by atoms with Gasteiger partial charge in [-0.3, -0.25) is 9.48 Å². The molecule has 0 saturated carbocycles. The molecule has 1 aromatic heterocycles. The summed E-state index contributed by atoms with van der Waals surface area (Å²) in [4.78, 5) is 12.4. The van der Waals surface area contributed by atoms with Crippen LogP contribution in [-0.2, 0) is 17.1 Å². The van der Waals surface area contributed by atoms with E-state index in [2.05, 4.69) is 15.6 Å². The van der Waals surface area contributed by atoms with Crippen LogP contribution in [0.2, 0.25) is 0 Å². The minimum absolute atomic E-state index is 0.128. The lowest BCUT2D eigenvalue weighted by Gasteiger charge is -2.25. The maximum atomic E-state index is 12.7. The third kappa shape index (κ3) is 4.17. The van der Waals surface area contributed by atoms with Crippen LogP contribution in [0, 0.1) is 0 Å². The van der Waals surface area contributed by atoms with E-state index in [-0.39, 0.29) is 10.5 Å². The first-order valence-corrected chi connectivity index (χ1v) is 9.83. The number of carbonyl (C=O) groups is 1. The molecule has 2 aromatic rings. The van der Waals surface area contributed by atoms with Crippen LogP contribution in [0.3, 0.4) is 0 Å². The van der Waals surface area contributed by atoms with Gasteiger partial charge in [0.15, 0.2) is 0 Å². The van der Waals surface area contributed by atoms with Gasteiger partial charge in [0.25, 0.3) is 5.91 Å². The highest BCUT2D eigenvalue weighted by Gasteiger charge is 2.26. The maximum Gasteiger partial charge on any atom is 0.271 e. The minimum atomic E-state index is -3.57. The smallest absolute Gasteiger partial charge is 0.271 e. The summed E-state index contributed by atoms with van der Waals surface area (Å²) in [6, 6.07) is 6.03. The average Bonchev–Trinajstić information content (AvgIpc) is 3.07. The number of hydrogen-bond donors (Lipinski definition) is 1. The number of piperidine rings is 1. The van der Waals surface area contributed by atoms with Gasteiger partial charge in [-0.05, 0) is 31.0 Å². The van der Waals surface area contributed by atoms with Crippen LogP contribution in [0.1, 0.15) is 35.2 Å². The molecule has 0 aliphatic carbocycles. The lowest BCUT2D eigenvalue weighted by molar-refractivity contribution is 0.0955. The summed E-state index contributed by atoms with van der Waals surface area (Å²) in [5, 5.41) is 7.87. The Morgan fingerprint density at radius 1 is 1.27 bits per heavy atom. The molecule has 2 heterocycles. The fourth-order valence-corrected chi connectivity index (χ4v) is 4.35. The number of nitrogens with zero attached hydrogens (tertiary/aromatic N) is 4. The van der Waals surface area contributed by atoms with Crippen LogP contribution in [0.25, 0.3) is 0 Å². The largest absolute Gasteiger partial charge is 0.275 e. The molecule has 1 amide bonds. The Hall–Kier alpha value is -2.52. The fourth-order valence-electron chi connectivity index (χ4n) is 2.79. The van der Waals surface area contributed by atoms with Crippen LogP contribution < -0.4 is 5.43 Å². The van der Waals surface area contributed by atoms with Crippen molar-refractivity contribution in [1.82, 2.24) is 19.5 Å². The van der Waals surface area contributed by atoms with E-state index in [4.69, 9.17) is 0 Å². The summed E-state index contributed by atoms with van der Waals surface area (Å²) in [6.07, 6.45) is 7.61. The summed E-state index contributed by atoms with van der Waals surface area (Å²) < 4.78 is 28.5. The number of rotatable bonds is 5. The number of hydrogen-bond acceptors (Lipinski definition) is 5. The van der Waals surface area contributed by atoms with E-state index in [1.807, 2.05) is 0 Å². The van der Waals surface area contributed by atoms with Crippen molar-refractivity contribution >= 4 is 22.1 Å². The van der Waals surface area contributed by atoms with Crippen molar-refractivity contribution < 1.29 is 13.2 Å². The number of hydrazone groups is 1. The molecule has 1 N–H and O–H groups in total. The zero-order valence-electron chi connectivity index (χ0n) is 14.5. The quantitative estimate of drug-likeness (QED) is 0.630. The molecule has 1 fully saturated rings. The number of amides is 1. The average molecular weight is 375 g/mol. The van der Waals surface area contributed by atoms with Gasteiger partial charge in [-0.15, -0.1) is 0 Å². The van der Waals surface area contributed by atoms with Gasteiger partial charge in [-0.25, -0.2) is 13.8 Å². The minimum Gasteiger partial charge on any atom is -0.275 e. The Labute approximate surface area is 152 Å². The predicted octanol–water partition coefficient (Wildman–Crippen LogP) is 1.36. The van der Waals surface area contributed by atoms with Crippen LogP contribution in [0.5, 0.6) is 0 Å². The first-order valence-electron chi connectivity index (χ1n) is 8.39. The molecule has 8 nitrogen and oxygen atoms in total. The lowest BCUT2D eigenvalue weighted by atomic mass is 10.2. The molecule has 1 saturated heterocycles. The number of aryl methyl sites for hydroxylation is 1. The van der Waals surface area contributed by atoms with Gasteiger partial charge in [0, 0.05) is 37.5 Å². The number of aromatic nitrogens is 2. The van der Waals surface area contributed by atoms with E-state index in [0.717, 1.165) is 24.8 Å². The molecule has 0 spiro atoms. The zero-order chi connectivity index (χ0) is 18.6. The van der Waals surface area contributed by atoms with Crippen molar-refractivity contribution in [3.63, 3.8) is 0 Å². The highest BCUT2D eigenvalue weighted by atomic mass is 32.2. The monoisotopic (exact) mass is 375 g/mol. The predicted molar refractivity (Wildman–Crippen MR) is 97.3 cm³/mol. The Bertz CT molecular complexity index is 914. The molecule has 1 aliphatic heterocycles. The van der Waals surface area contributed by atoms with Gasteiger partial charge in [0.1, 0.15) is 0 Å². The Morgan fingerprint density at radius 2 is 2.04 bits per heavy atom. The molecule has 0 atom stereocenters. The third-order valence-corrected chi connectivity index (χ3v) is 6.05. The molecule has 0 radical (unpaired) electrons. The lowest BCUT2D eigenvalue weighted by Crippen LogP contribution is -2.35. The Balaban J connectivity index is 1.71. The van der Waals surface area contributed by atoms with Gasteiger partial charge in [0.05, 0.1) is 17.3 Å². The number of benzene rings is 1. The van der Waals surface area contributed by atoms with Gasteiger partial charge in [-0.2, -0.15) is 14.5 Å².